The van der Waals surface area contributed by atoms with Crippen LogP contribution in [0.1, 0.15) is 39.4 Å². The van der Waals surface area contributed by atoms with Gasteiger partial charge in [0.25, 0.3) is 0 Å². The molecule has 1 aromatic heterocycles. The third-order valence-electron chi connectivity index (χ3n) is 2.98. The minimum atomic E-state index is 0.558. The highest BCUT2D eigenvalue weighted by atomic mass is 15.3. The van der Waals surface area contributed by atoms with Gasteiger partial charge in [0, 0.05) is 19.0 Å². The van der Waals surface area contributed by atoms with Gasteiger partial charge in [-0.25, -0.2) is 9.55 Å². The largest absolute Gasteiger partial charge is 0.333 e. The second-order valence-electron chi connectivity index (χ2n) is 4.61. The second-order valence-corrected chi connectivity index (χ2v) is 4.61. The maximum Gasteiger partial charge on any atom is 0.243 e. The molecule has 0 aromatic carbocycles. The van der Waals surface area contributed by atoms with Gasteiger partial charge in [0.05, 0.1) is 6.04 Å². The number of hydrogen-bond acceptors (Lipinski definition) is 1. The van der Waals surface area contributed by atoms with Crippen LogP contribution in [0.25, 0.3) is 0 Å². The highest BCUT2D eigenvalue weighted by Gasteiger charge is 2.31. The number of H-pyrrole nitrogens is 1. The Bertz CT molecular complexity index is 325. The topological polar surface area (TPSA) is 22.9 Å². The monoisotopic (exact) mass is 194 g/mol. The van der Waals surface area contributed by atoms with E-state index >= 15 is 0 Å². The maximum absolute atomic E-state index is 3.39. The number of rotatable bonds is 2. The van der Waals surface area contributed by atoms with Crippen LogP contribution in [0.5, 0.6) is 0 Å². The Kier molecular flexibility index (Phi) is 2.25. The van der Waals surface area contributed by atoms with Gasteiger partial charge in [-0.1, -0.05) is 0 Å². The Morgan fingerprint density at radius 2 is 2.07 bits per heavy atom. The molecule has 0 saturated carbocycles. The van der Waals surface area contributed by atoms with Crippen LogP contribution >= 0.6 is 0 Å². The van der Waals surface area contributed by atoms with Crippen LogP contribution in [-0.4, -0.2) is 17.6 Å². The van der Waals surface area contributed by atoms with Crippen molar-refractivity contribution >= 4 is 5.82 Å². The van der Waals surface area contributed by atoms with Gasteiger partial charge in [-0.15, -0.1) is 0 Å². The highest BCUT2D eigenvalue weighted by Crippen LogP contribution is 2.25. The lowest BCUT2D eigenvalue weighted by Gasteiger charge is -2.19. The highest BCUT2D eigenvalue weighted by molar-refractivity contribution is 5.47. The van der Waals surface area contributed by atoms with Crippen LogP contribution in [0.2, 0.25) is 0 Å². The fraction of sp³-hybridized carbons (Fsp3) is 0.727. The molecule has 0 bridgehead atoms. The third kappa shape index (κ3) is 1.31. The molecule has 0 unspecified atom stereocenters. The van der Waals surface area contributed by atoms with Gasteiger partial charge in [-0.05, 0) is 27.7 Å². The van der Waals surface area contributed by atoms with Crippen LogP contribution in [-0.2, 0) is 6.42 Å². The average molecular weight is 194 g/mol. The molecular weight excluding hydrogens is 174 g/mol. The van der Waals surface area contributed by atoms with E-state index in [2.05, 4.69) is 48.5 Å². The molecule has 0 fully saturated rings. The summed E-state index contributed by atoms with van der Waals surface area (Å²) in [6, 6.07) is 1.15. The first-order valence-electron chi connectivity index (χ1n) is 5.49. The number of aromatic nitrogens is 2. The number of anilines is 1. The minimum Gasteiger partial charge on any atom is -0.333 e. The number of hydrogen-bond donors (Lipinski definition) is 1. The van der Waals surface area contributed by atoms with Crippen LogP contribution < -0.4 is 9.47 Å². The van der Waals surface area contributed by atoms with E-state index in [-0.39, 0.29) is 0 Å². The minimum absolute atomic E-state index is 0.558. The van der Waals surface area contributed by atoms with Gasteiger partial charge in [-0.2, -0.15) is 0 Å². The Morgan fingerprint density at radius 3 is 2.64 bits per heavy atom. The number of nitrogens with zero attached hydrogens (tertiary/aromatic N) is 2. The Labute approximate surface area is 85.7 Å². The molecule has 1 aromatic rings. The Hall–Kier alpha value is -0.990. The lowest BCUT2D eigenvalue weighted by atomic mass is 10.3. The zero-order valence-electron chi connectivity index (χ0n) is 9.54. The van der Waals surface area contributed by atoms with Gasteiger partial charge < -0.3 is 4.90 Å². The molecule has 3 nitrogen and oxygen atoms in total. The molecule has 14 heavy (non-hydrogen) atoms. The third-order valence-corrected chi connectivity index (χ3v) is 2.98. The lowest BCUT2D eigenvalue weighted by molar-refractivity contribution is -0.720. The summed E-state index contributed by atoms with van der Waals surface area (Å²) in [7, 11) is 0. The van der Waals surface area contributed by atoms with Crippen LogP contribution in [0, 0.1) is 0 Å². The van der Waals surface area contributed by atoms with Crippen molar-refractivity contribution in [3.05, 3.63) is 12.0 Å². The van der Waals surface area contributed by atoms with Crippen molar-refractivity contribution in [3.63, 3.8) is 0 Å². The fourth-order valence-corrected chi connectivity index (χ4v) is 2.23. The second kappa shape index (κ2) is 3.30. The smallest absolute Gasteiger partial charge is 0.243 e. The van der Waals surface area contributed by atoms with E-state index < -0.39 is 0 Å². The van der Waals surface area contributed by atoms with Gasteiger partial charge in [-0.3, -0.25) is 0 Å². The van der Waals surface area contributed by atoms with Crippen molar-refractivity contribution in [2.45, 2.75) is 46.2 Å². The summed E-state index contributed by atoms with van der Waals surface area (Å²) in [5.41, 5.74) is 1.47. The number of fused-ring (bicyclic) bond motifs is 1. The molecule has 0 atom stereocenters. The van der Waals surface area contributed by atoms with Crippen molar-refractivity contribution in [2.24, 2.45) is 0 Å². The first-order valence-corrected chi connectivity index (χ1v) is 5.49. The molecule has 0 radical (unpaired) electrons. The molecule has 0 saturated heterocycles. The van der Waals surface area contributed by atoms with Gasteiger partial charge in [0.2, 0.25) is 12.1 Å². The van der Waals surface area contributed by atoms with Crippen molar-refractivity contribution in [2.75, 3.05) is 11.4 Å². The molecule has 0 amide bonds. The summed E-state index contributed by atoms with van der Waals surface area (Å²) in [6.07, 6.45) is 3.28. The van der Waals surface area contributed by atoms with Crippen molar-refractivity contribution in [1.82, 2.24) is 4.98 Å². The van der Waals surface area contributed by atoms with E-state index in [0.717, 1.165) is 6.54 Å². The summed E-state index contributed by atoms with van der Waals surface area (Å²) in [6.45, 7) is 10.1. The number of nitrogens with one attached hydrogen (secondary N) is 1. The first-order chi connectivity index (χ1) is 6.61. The molecule has 1 N–H and O–H groups in total. The van der Waals surface area contributed by atoms with Gasteiger partial charge in [0.1, 0.15) is 0 Å². The molecule has 3 heteroatoms. The molecule has 78 valence electrons. The van der Waals surface area contributed by atoms with Gasteiger partial charge >= 0.3 is 0 Å². The Balaban J connectivity index is 2.34. The summed E-state index contributed by atoms with van der Waals surface area (Å²) in [5, 5.41) is 0. The predicted molar refractivity (Wildman–Crippen MR) is 57.6 cm³/mol. The maximum atomic E-state index is 3.39. The molecule has 2 rings (SSSR count). The molecule has 0 spiro atoms. The SMILES string of the molecule is CC(C)N1CCc2c1[nH]c[n+]2C(C)C. The molecule has 0 aliphatic carbocycles. The van der Waals surface area contributed by atoms with E-state index in [1.54, 1.807) is 0 Å². The van der Waals surface area contributed by atoms with E-state index in [0.29, 0.717) is 12.1 Å². The molecule has 2 heterocycles. The summed E-state index contributed by atoms with van der Waals surface area (Å²) in [5.74, 6) is 1.33. The van der Waals surface area contributed by atoms with Crippen LogP contribution in [0.4, 0.5) is 5.82 Å². The average Bonchev–Trinajstić information content (AvgIpc) is 2.59. The number of aromatic amines is 1. The van der Waals surface area contributed by atoms with Crippen LogP contribution in [0.3, 0.4) is 0 Å². The van der Waals surface area contributed by atoms with E-state index in [1.165, 1.54) is 17.9 Å². The van der Waals surface area contributed by atoms with Crippen molar-refractivity contribution < 1.29 is 4.57 Å². The fourth-order valence-electron chi connectivity index (χ4n) is 2.23. The van der Waals surface area contributed by atoms with E-state index in [1.807, 2.05) is 0 Å². The van der Waals surface area contributed by atoms with Crippen molar-refractivity contribution in [1.29, 1.82) is 0 Å². The first kappa shape index (κ1) is 9.56. The lowest BCUT2D eigenvalue weighted by Crippen LogP contribution is -2.37. The molecular formula is C11H20N3+. The van der Waals surface area contributed by atoms with Gasteiger partial charge in [0.15, 0.2) is 5.69 Å². The number of imidazole rings is 1. The van der Waals surface area contributed by atoms with Crippen LogP contribution in [0.15, 0.2) is 6.33 Å². The zero-order chi connectivity index (χ0) is 10.3. The standard InChI is InChI=1S/C11H19N3/c1-8(2)13-6-5-10-11(13)12-7-14(10)9(3)4/h7-9H,5-6H2,1-4H3/p+1. The molecule has 1 aliphatic rings. The quantitative estimate of drug-likeness (QED) is 0.711. The van der Waals surface area contributed by atoms with Crippen molar-refractivity contribution in [3.8, 4) is 0 Å². The zero-order valence-corrected chi connectivity index (χ0v) is 9.54. The molecule has 1 aliphatic heterocycles. The Morgan fingerprint density at radius 1 is 1.36 bits per heavy atom. The predicted octanol–water partition coefficient (Wildman–Crippen LogP) is 1.65. The summed E-state index contributed by atoms with van der Waals surface area (Å²) < 4.78 is 2.34. The summed E-state index contributed by atoms with van der Waals surface area (Å²) >= 11 is 0. The normalized spacial score (nSPS) is 15.7. The van der Waals surface area contributed by atoms with E-state index in [4.69, 9.17) is 0 Å². The van der Waals surface area contributed by atoms with E-state index in [9.17, 15) is 0 Å². The summed E-state index contributed by atoms with van der Waals surface area (Å²) in [4.78, 5) is 5.83.